The molecule has 7 heteroatoms. The van der Waals surface area contributed by atoms with E-state index in [2.05, 4.69) is 15.3 Å². The van der Waals surface area contributed by atoms with Crippen molar-refractivity contribution in [3.05, 3.63) is 30.2 Å². The highest BCUT2D eigenvalue weighted by Crippen LogP contribution is 2.21. The van der Waals surface area contributed by atoms with Crippen LogP contribution in [0.5, 0.6) is 0 Å². The molecule has 2 rings (SSSR count). The number of carboxylic acid groups (broad SMARTS) is 1. The Morgan fingerprint density at radius 1 is 1.47 bits per heavy atom. The van der Waals surface area contributed by atoms with E-state index in [4.69, 9.17) is 10.4 Å². The average molecular weight is 229 g/mol. The van der Waals surface area contributed by atoms with Gasteiger partial charge in [0.2, 0.25) is 0 Å². The highest BCUT2D eigenvalue weighted by Gasteiger charge is 2.20. The number of nitrogens with zero attached hydrogens (tertiary/aromatic N) is 5. The first kappa shape index (κ1) is 10.8. The Bertz CT molecular complexity index is 584. The van der Waals surface area contributed by atoms with Crippen molar-refractivity contribution in [2.45, 2.75) is 6.54 Å². The van der Waals surface area contributed by atoms with Gasteiger partial charge in [-0.05, 0) is 12.1 Å². The van der Waals surface area contributed by atoms with Crippen LogP contribution in [-0.4, -0.2) is 31.1 Å². The van der Waals surface area contributed by atoms with Crippen LogP contribution in [0.4, 0.5) is 0 Å². The predicted octanol–water partition coefficient (Wildman–Crippen LogP) is 0.562. The fourth-order valence-electron chi connectivity index (χ4n) is 1.43. The van der Waals surface area contributed by atoms with E-state index in [1.165, 1.54) is 17.1 Å². The van der Waals surface area contributed by atoms with Crippen LogP contribution in [-0.2, 0) is 6.54 Å². The Labute approximate surface area is 95.9 Å². The highest BCUT2D eigenvalue weighted by molar-refractivity contribution is 5.92. The van der Waals surface area contributed by atoms with E-state index in [1.807, 2.05) is 6.07 Å². The van der Waals surface area contributed by atoms with Gasteiger partial charge < -0.3 is 5.11 Å². The third kappa shape index (κ3) is 1.96. The molecule has 17 heavy (non-hydrogen) atoms. The fourth-order valence-corrected chi connectivity index (χ4v) is 1.43. The molecule has 0 unspecified atom stereocenters. The van der Waals surface area contributed by atoms with Gasteiger partial charge in [-0.25, -0.2) is 9.48 Å². The average Bonchev–Trinajstić information content (AvgIpc) is 2.74. The molecule has 0 aliphatic heterocycles. The van der Waals surface area contributed by atoms with Gasteiger partial charge in [-0.3, -0.25) is 4.98 Å². The van der Waals surface area contributed by atoms with Crippen LogP contribution in [0.1, 0.15) is 10.5 Å². The first-order valence-corrected chi connectivity index (χ1v) is 4.68. The molecule has 2 aromatic rings. The van der Waals surface area contributed by atoms with Crippen LogP contribution < -0.4 is 0 Å². The van der Waals surface area contributed by atoms with Crippen LogP contribution in [0.2, 0.25) is 0 Å². The molecule has 0 radical (unpaired) electrons. The summed E-state index contributed by atoms with van der Waals surface area (Å²) in [5.74, 6) is -1.18. The van der Waals surface area contributed by atoms with Gasteiger partial charge in [-0.1, -0.05) is 5.21 Å². The van der Waals surface area contributed by atoms with E-state index >= 15 is 0 Å². The van der Waals surface area contributed by atoms with E-state index in [0.717, 1.165) is 0 Å². The standard InChI is InChI=1S/C10H7N5O2/c11-3-6-15-9(7-1-4-12-5-2-7)8(10(16)17)13-14-15/h1-2,4-5H,6H2,(H,16,17). The molecule has 7 nitrogen and oxygen atoms in total. The summed E-state index contributed by atoms with van der Waals surface area (Å²) in [5, 5.41) is 24.8. The van der Waals surface area contributed by atoms with Crippen molar-refractivity contribution in [1.29, 1.82) is 5.26 Å². The molecule has 0 aliphatic carbocycles. The van der Waals surface area contributed by atoms with Gasteiger partial charge in [0.05, 0.1) is 6.07 Å². The lowest BCUT2D eigenvalue weighted by molar-refractivity contribution is 0.0691. The SMILES string of the molecule is N#CCn1nnc(C(=O)O)c1-c1ccncc1. The summed E-state index contributed by atoms with van der Waals surface area (Å²) < 4.78 is 1.25. The Morgan fingerprint density at radius 2 is 2.18 bits per heavy atom. The maximum atomic E-state index is 11.0. The molecule has 0 atom stereocenters. The van der Waals surface area contributed by atoms with Crippen molar-refractivity contribution in [2.24, 2.45) is 0 Å². The zero-order valence-corrected chi connectivity index (χ0v) is 8.61. The molecule has 0 bridgehead atoms. The molecule has 1 N–H and O–H groups in total. The van der Waals surface area contributed by atoms with Crippen molar-refractivity contribution in [3.63, 3.8) is 0 Å². The number of aromatic carboxylic acids is 1. The quantitative estimate of drug-likeness (QED) is 0.824. The monoisotopic (exact) mass is 229 g/mol. The second-order valence-electron chi connectivity index (χ2n) is 3.14. The number of nitriles is 1. The lowest BCUT2D eigenvalue weighted by Crippen LogP contribution is -2.04. The fraction of sp³-hybridized carbons (Fsp3) is 0.100. The van der Waals surface area contributed by atoms with Gasteiger partial charge in [0.15, 0.2) is 5.69 Å². The van der Waals surface area contributed by atoms with Gasteiger partial charge in [0.25, 0.3) is 0 Å². The summed E-state index contributed by atoms with van der Waals surface area (Å²) in [6, 6.07) is 5.17. The van der Waals surface area contributed by atoms with Crippen LogP contribution in [0.3, 0.4) is 0 Å². The smallest absolute Gasteiger partial charge is 0.358 e. The lowest BCUT2D eigenvalue weighted by Gasteiger charge is -2.02. The van der Waals surface area contributed by atoms with E-state index in [0.29, 0.717) is 11.3 Å². The van der Waals surface area contributed by atoms with E-state index < -0.39 is 5.97 Å². The van der Waals surface area contributed by atoms with Gasteiger partial charge in [-0.2, -0.15) is 5.26 Å². The van der Waals surface area contributed by atoms with E-state index in [1.54, 1.807) is 12.1 Å². The highest BCUT2D eigenvalue weighted by atomic mass is 16.4. The maximum Gasteiger partial charge on any atom is 0.358 e. The number of carbonyl (C=O) groups is 1. The van der Waals surface area contributed by atoms with Crippen LogP contribution in [0.15, 0.2) is 24.5 Å². The summed E-state index contributed by atoms with van der Waals surface area (Å²) in [7, 11) is 0. The zero-order valence-electron chi connectivity index (χ0n) is 8.61. The van der Waals surface area contributed by atoms with Crippen molar-refractivity contribution < 1.29 is 9.90 Å². The Morgan fingerprint density at radius 3 is 2.76 bits per heavy atom. The molecule has 2 heterocycles. The predicted molar refractivity (Wildman–Crippen MR) is 55.8 cm³/mol. The molecule has 0 aromatic carbocycles. The Balaban J connectivity index is 2.61. The number of aromatic nitrogens is 4. The lowest BCUT2D eigenvalue weighted by atomic mass is 10.1. The number of rotatable bonds is 3. The molecule has 84 valence electrons. The van der Waals surface area contributed by atoms with Crippen molar-refractivity contribution >= 4 is 5.97 Å². The molecule has 0 saturated carbocycles. The van der Waals surface area contributed by atoms with Gasteiger partial charge in [0.1, 0.15) is 12.2 Å². The molecular formula is C10H7N5O2. The second-order valence-corrected chi connectivity index (χ2v) is 3.14. The van der Waals surface area contributed by atoms with Gasteiger partial charge in [-0.15, -0.1) is 5.10 Å². The molecule has 2 aromatic heterocycles. The number of carboxylic acids is 1. The minimum absolute atomic E-state index is 0.0576. The van der Waals surface area contributed by atoms with Crippen molar-refractivity contribution in [2.75, 3.05) is 0 Å². The second kappa shape index (κ2) is 4.40. The molecule has 0 spiro atoms. The largest absolute Gasteiger partial charge is 0.476 e. The maximum absolute atomic E-state index is 11.0. The van der Waals surface area contributed by atoms with Crippen LogP contribution in [0.25, 0.3) is 11.3 Å². The van der Waals surface area contributed by atoms with Gasteiger partial charge >= 0.3 is 5.97 Å². The molecule has 0 fully saturated rings. The minimum atomic E-state index is -1.18. The third-order valence-corrected chi connectivity index (χ3v) is 2.11. The van der Waals surface area contributed by atoms with Gasteiger partial charge in [0, 0.05) is 18.0 Å². The molecule has 0 amide bonds. The summed E-state index contributed by atoms with van der Waals surface area (Å²) >= 11 is 0. The summed E-state index contributed by atoms with van der Waals surface area (Å²) in [6.07, 6.45) is 3.06. The Kier molecular flexibility index (Phi) is 2.79. The van der Waals surface area contributed by atoms with Crippen LogP contribution in [0, 0.1) is 11.3 Å². The van der Waals surface area contributed by atoms with Crippen LogP contribution >= 0.6 is 0 Å². The zero-order chi connectivity index (χ0) is 12.3. The first-order valence-electron chi connectivity index (χ1n) is 4.68. The summed E-state index contributed by atoms with van der Waals surface area (Å²) in [6.45, 7) is -0.0576. The van der Waals surface area contributed by atoms with E-state index in [9.17, 15) is 4.79 Å². The van der Waals surface area contributed by atoms with E-state index in [-0.39, 0.29) is 12.2 Å². The molecular weight excluding hydrogens is 222 g/mol. The first-order chi connectivity index (χ1) is 8.24. The summed E-state index contributed by atoms with van der Waals surface area (Å²) in [5.41, 5.74) is 0.741. The normalized spacial score (nSPS) is 9.82. The van der Waals surface area contributed by atoms with Crippen molar-refractivity contribution in [1.82, 2.24) is 20.0 Å². The minimum Gasteiger partial charge on any atom is -0.476 e. The summed E-state index contributed by atoms with van der Waals surface area (Å²) in [4.78, 5) is 14.8. The molecule has 0 aliphatic rings. The number of hydrogen-bond acceptors (Lipinski definition) is 5. The Hall–Kier alpha value is -2.75. The van der Waals surface area contributed by atoms with Crippen molar-refractivity contribution in [3.8, 4) is 17.3 Å². The number of hydrogen-bond donors (Lipinski definition) is 1. The molecule has 0 saturated heterocycles. The number of pyridine rings is 1. The third-order valence-electron chi connectivity index (χ3n) is 2.11. The topological polar surface area (TPSA) is 105 Å².